The van der Waals surface area contributed by atoms with E-state index in [4.69, 9.17) is 9.84 Å². The minimum atomic E-state index is -0.0935. The van der Waals surface area contributed by atoms with Gasteiger partial charge < -0.3 is 9.84 Å². The third-order valence-corrected chi connectivity index (χ3v) is 2.75. The molecule has 0 aromatic heterocycles. The second-order valence-electron chi connectivity index (χ2n) is 3.94. The maximum absolute atomic E-state index is 11.4. The minimum Gasteiger partial charge on any atom is -0.464 e. The maximum atomic E-state index is 11.4. The zero-order chi connectivity index (χ0) is 11.1. The molecule has 0 aromatic carbocycles. The highest BCUT2D eigenvalue weighted by Gasteiger charge is 2.31. The van der Waals surface area contributed by atoms with Crippen LogP contribution in [0.3, 0.4) is 0 Å². The molecule has 0 aromatic rings. The molecule has 1 unspecified atom stereocenters. The molecule has 0 saturated carbocycles. The lowest BCUT2D eigenvalue weighted by Crippen LogP contribution is -2.40. The smallest absolute Gasteiger partial charge is 0.323 e. The largest absolute Gasteiger partial charge is 0.464 e. The number of rotatable bonds is 7. The summed E-state index contributed by atoms with van der Waals surface area (Å²) in [7, 11) is 0. The first kappa shape index (κ1) is 12.5. The number of carbonyl (C=O) groups excluding carboxylic acids is 1. The fourth-order valence-corrected chi connectivity index (χ4v) is 1.88. The van der Waals surface area contributed by atoms with Crippen molar-refractivity contribution in [2.24, 2.45) is 0 Å². The van der Waals surface area contributed by atoms with Gasteiger partial charge in [0.25, 0.3) is 0 Å². The van der Waals surface area contributed by atoms with Gasteiger partial charge in [-0.2, -0.15) is 0 Å². The van der Waals surface area contributed by atoms with Crippen molar-refractivity contribution in [1.29, 1.82) is 0 Å². The Bertz CT molecular complexity index is 188. The molecular formula is C11H21NO3. The number of hydrogen-bond donors (Lipinski definition) is 1. The molecule has 0 aliphatic carbocycles. The van der Waals surface area contributed by atoms with Crippen LogP contribution in [-0.4, -0.2) is 48.3 Å². The van der Waals surface area contributed by atoms with E-state index in [9.17, 15) is 4.79 Å². The number of cyclic esters (lactones) is 1. The summed E-state index contributed by atoms with van der Waals surface area (Å²) >= 11 is 0. The van der Waals surface area contributed by atoms with Gasteiger partial charge in [-0.25, -0.2) is 0 Å². The SMILES string of the molecule is CCCCN(CCCO)C1CCOC1=O. The molecule has 1 aliphatic heterocycles. The van der Waals surface area contributed by atoms with E-state index in [1.807, 2.05) is 0 Å². The van der Waals surface area contributed by atoms with Crippen LogP contribution in [0.4, 0.5) is 0 Å². The molecule has 4 nitrogen and oxygen atoms in total. The van der Waals surface area contributed by atoms with Gasteiger partial charge in [0.05, 0.1) is 6.61 Å². The minimum absolute atomic E-state index is 0.0666. The predicted molar refractivity (Wildman–Crippen MR) is 57.5 cm³/mol. The summed E-state index contributed by atoms with van der Waals surface area (Å²) in [4.78, 5) is 13.6. The van der Waals surface area contributed by atoms with Crippen molar-refractivity contribution in [3.8, 4) is 0 Å². The highest BCUT2D eigenvalue weighted by molar-refractivity contribution is 5.77. The Balaban J connectivity index is 2.42. The van der Waals surface area contributed by atoms with Gasteiger partial charge in [-0.15, -0.1) is 0 Å². The number of unbranched alkanes of at least 4 members (excludes halogenated alkanes) is 1. The van der Waals surface area contributed by atoms with Crippen molar-refractivity contribution >= 4 is 5.97 Å². The molecule has 0 radical (unpaired) electrons. The highest BCUT2D eigenvalue weighted by Crippen LogP contribution is 2.15. The average molecular weight is 215 g/mol. The van der Waals surface area contributed by atoms with Crippen LogP contribution in [0.2, 0.25) is 0 Å². The van der Waals surface area contributed by atoms with E-state index in [0.29, 0.717) is 6.61 Å². The molecule has 15 heavy (non-hydrogen) atoms. The van der Waals surface area contributed by atoms with Crippen LogP contribution >= 0.6 is 0 Å². The molecule has 1 rings (SSSR count). The number of ether oxygens (including phenoxy) is 1. The second kappa shape index (κ2) is 6.80. The van der Waals surface area contributed by atoms with Gasteiger partial charge in [0.1, 0.15) is 6.04 Å². The molecule has 0 amide bonds. The summed E-state index contributed by atoms with van der Waals surface area (Å²) < 4.78 is 4.96. The lowest BCUT2D eigenvalue weighted by atomic mass is 10.2. The second-order valence-corrected chi connectivity index (χ2v) is 3.94. The van der Waals surface area contributed by atoms with Crippen molar-refractivity contribution in [2.45, 2.75) is 38.6 Å². The fraction of sp³-hybridized carbons (Fsp3) is 0.909. The summed E-state index contributed by atoms with van der Waals surface area (Å²) in [5.74, 6) is -0.0935. The van der Waals surface area contributed by atoms with Gasteiger partial charge in [0.2, 0.25) is 0 Å². The molecule has 1 saturated heterocycles. The molecular weight excluding hydrogens is 194 g/mol. The topological polar surface area (TPSA) is 49.8 Å². The van der Waals surface area contributed by atoms with Gasteiger partial charge in [-0.3, -0.25) is 9.69 Å². The molecule has 0 spiro atoms. The van der Waals surface area contributed by atoms with E-state index < -0.39 is 0 Å². The monoisotopic (exact) mass is 215 g/mol. The van der Waals surface area contributed by atoms with Crippen molar-refractivity contribution in [1.82, 2.24) is 4.90 Å². The zero-order valence-corrected chi connectivity index (χ0v) is 9.45. The van der Waals surface area contributed by atoms with Crippen molar-refractivity contribution < 1.29 is 14.6 Å². The third-order valence-electron chi connectivity index (χ3n) is 2.75. The summed E-state index contributed by atoms with van der Waals surface area (Å²) in [5.41, 5.74) is 0. The first-order valence-electron chi connectivity index (χ1n) is 5.81. The van der Waals surface area contributed by atoms with Gasteiger partial charge in [-0.05, 0) is 19.4 Å². The Kier molecular flexibility index (Phi) is 5.65. The number of aliphatic hydroxyl groups is 1. The van der Waals surface area contributed by atoms with Crippen LogP contribution in [0.1, 0.15) is 32.6 Å². The molecule has 4 heteroatoms. The summed E-state index contributed by atoms with van der Waals surface area (Å²) in [6.07, 6.45) is 3.74. The molecule has 1 heterocycles. The number of hydrogen-bond acceptors (Lipinski definition) is 4. The Labute approximate surface area is 91.2 Å². The lowest BCUT2D eigenvalue weighted by Gasteiger charge is -2.25. The van der Waals surface area contributed by atoms with E-state index in [1.54, 1.807) is 0 Å². The quantitative estimate of drug-likeness (QED) is 0.638. The first-order chi connectivity index (χ1) is 7.29. The lowest BCUT2D eigenvalue weighted by molar-refractivity contribution is -0.142. The number of aliphatic hydroxyl groups excluding tert-OH is 1. The Morgan fingerprint density at radius 1 is 1.47 bits per heavy atom. The fourth-order valence-electron chi connectivity index (χ4n) is 1.88. The predicted octanol–water partition coefficient (Wildman–Crippen LogP) is 0.786. The normalized spacial score (nSPS) is 21.0. The van der Waals surface area contributed by atoms with Crippen LogP contribution in [0.5, 0.6) is 0 Å². The molecule has 1 atom stereocenters. The van der Waals surface area contributed by atoms with E-state index in [2.05, 4.69) is 11.8 Å². The summed E-state index contributed by atoms with van der Waals surface area (Å²) in [6.45, 7) is 4.58. The number of esters is 1. The Hall–Kier alpha value is -0.610. The van der Waals surface area contributed by atoms with Crippen molar-refractivity contribution in [2.75, 3.05) is 26.3 Å². The Morgan fingerprint density at radius 3 is 2.73 bits per heavy atom. The van der Waals surface area contributed by atoms with Gasteiger partial charge >= 0.3 is 5.97 Å². The van der Waals surface area contributed by atoms with Gasteiger partial charge in [-0.1, -0.05) is 13.3 Å². The maximum Gasteiger partial charge on any atom is 0.323 e. The van der Waals surface area contributed by atoms with E-state index in [-0.39, 0.29) is 18.6 Å². The van der Waals surface area contributed by atoms with E-state index in [1.165, 1.54) is 0 Å². The standard InChI is InChI=1S/C11H21NO3/c1-2-3-6-12(7-4-8-13)10-5-9-15-11(10)14/h10,13H,2-9H2,1H3. The Morgan fingerprint density at radius 2 is 2.20 bits per heavy atom. The van der Waals surface area contributed by atoms with E-state index >= 15 is 0 Å². The van der Waals surface area contributed by atoms with Crippen LogP contribution < -0.4 is 0 Å². The van der Waals surface area contributed by atoms with Crippen LogP contribution in [-0.2, 0) is 9.53 Å². The summed E-state index contributed by atoms with van der Waals surface area (Å²) in [6, 6.07) is -0.0666. The highest BCUT2D eigenvalue weighted by atomic mass is 16.5. The average Bonchev–Trinajstić information content (AvgIpc) is 2.65. The van der Waals surface area contributed by atoms with Gasteiger partial charge in [0, 0.05) is 19.6 Å². The summed E-state index contributed by atoms with van der Waals surface area (Å²) in [5, 5.41) is 8.81. The zero-order valence-electron chi connectivity index (χ0n) is 9.45. The molecule has 1 fully saturated rings. The first-order valence-corrected chi connectivity index (χ1v) is 5.81. The molecule has 0 bridgehead atoms. The molecule has 1 aliphatic rings. The van der Waals surface area contributed by atoms with Crippen molar-refractivity contribution in [3.05, 3.63) is 0 Å². The van der Waals surface area contributed by atoms with E-state index in [0.717, 1.165) is 38.8 Å². The van der Waals surface area contributed by atoms with Gasteiger partial charge in [0.15, 0.2) is 0 Å². The number of carbonyl (C=O) groups is 1. The van der Waals surface area contributed by atoms with Crippen molar-refractivity contribution in [3.63, 3.8) is 0 Å². The number of nitrogens with zero attached hydrogens (tertiary/aromatic N) is 1. The van der Waals surface area contributed by atoms with Crippen LogP contribution in [0.25, 0.3) is 0 Å². The van der Waals surface area contributed by atoms with Crippen LogP contribution in [0, 0.1) is 0 Å². The molecule has 1 N–H and O–H groups in total. The third kappa shape index (κ3) is 3.80. The molecule has 88 valence electrons. The van der Waals surface area contributed by atoms with Crippen LogP contribution in [0.15, 0.2) is 0 Å².